The van der Waals surface area contributed by atoms with Crippen molar-refractivity contribution in [1.29, 1.82) is 0 Å². The van der Waals surface area contributed by atoms with Crippen LogP contribution in [0.15, 0.2) is 18.2 Å². The molecule has 0 atom stereocenters. The van der Waals surface area contributed by atoms with Crippen LogP contribution in [0.4, 0.5) is 10.1 Å². The molecular weight excluding hydrogens is 173 g/mol. The van der Waals surface area contributed by atoms with Gasteiger partial charge in [0.1, 0.15) is 5.82 Å². The van der Waals surface area contributed by atoms with E-state index in [1.54, 1.807) is 17.4 Å². The summed E-state index contributed by atoms with van der Waals surface area (Å²) >= 11 is 1.60. The van der Waals surface area contributed by atoms with E-state index in [0.29, 0.717) is 5.69 Å². The molecule has 2 rings (SSSR count). The molecule has 1 aromatic carbocycles. The van der Waals surface area contributed by atoms with E-state index in [4.69, 9.17) is 5.73 Å². The molecule has 2 N–H and O–H groups in total. The fraction of sp³-hybridized carbons (Fsp3) is 0.111. The second-order valence-electron chi connectivity index (χ2n) is 2.71. The minimum atomic E-state index is -0.230. The molecule has 0 saturated heterocycles. The highest BCUT2D eigenvalue weighted by Crippen LogP contribution is 2.32. The third kappa shape index (κ3) is 0.975. The Morgan fingerprint density at radius 1 is 1.42 bits per heavy atom. The van der Waals surface area contributed by atoms with E-state index in [0.717, 1.165) is 15.0 Å². The summed E-state index contributed by atoms with van der Waals surface area (Å²) in [6, 6.07) is 4.70. The van der Waals surface area contributed by atoms with Gasteiger partial charge in [0.25, 0.3) is 0 Å². The number of halogens is 1. The minimum Gasteiger partial charge on any atom is -0.397 e. The second-order valence-corrected chi connectivity index (χ2v) is 3.97. The van der Waals surface area contributed by atoms with E-state index in [1.165, 1.54) is 12.1 Å². The highest BCUT2D eigenvalue weighted by atomic mass is 32.1. The summed E-state index contributed by atoms with van der Waals surface area (Å²) in [7, 11) is 0. The number of aryl methyl sites for hydroxylation is 1. The molecular formula is C9H8FNS. The zero-order chi connectivity index (χ0) is 8.72. The molecule has 0 aliphatic rings. The van der Waals surface area contributed by atoms with Crippen molar-refractivity contribution in [3.05, 3.63) is 28.9 Å². The van der Waals surface area contributed by atoms with Crippen molar-refractivity contribution in [3.63, 3.8) is 0 Å². The van der Waals surface area contributed by atoms with Gasteiger partial charge < -0.3 is 5.73 Å². The summed E-state index contributed by atoms with van der Waals surface area (Å²) in [5.41, 5.74) is 6.45. The molecule has 0 unspecified atom stereocenters. The molecule has 0 saturated carbocycles. The van der Waals surface area contributed by atoms with Gasteiger partial charge in [-0.1, -0.05) is 0 Å². The Labute approximate surface area is 73.6 Å². The number of hydrogen-bond donors (Lipinski definition) is 1. The normalized spacial score (nSPS) is 10.8. The largest absolute Gasteiger partial charge is 0.397 e. The maximum atomic E-state index is 12.8. The van der Waals surface area contributed by atoms with Gasteiger partial charge in [-0.2, -0.15) is 0 Å². The Hall–Kier alpha value is -1.09. The lowest BCUT2D eigenvalue weighted by Gasteiger charge is -1.91. The van der Waals surface area contributed by atoms with E-state index in [-0.39, 0.29) is 5.82 Å². The van der Waals surface area contributed by atoms with Gasteiger partial charge in [0, 0.05) is 15.0 Å². The van der Waals surface area contributed by atoms with Gasteiger partial charge >= 0.3 is 0 Å². The SMILES string of the molecule is Cc1sc2ccc(F)cc2c1N. The van der Waals surface area contributed by atoms with Crippen molar-refractivity contribution < 1.29 is 4.39 Å². The first-order chi connectivity index (χ1) is 5.68. The summed E-state index contributed by atoms with van der Waals surface area (Å²) < 4.78 is 13.8. The Morgan fingerprint density at radius 3 is 2.92 bits per heavy atom. The molecule has 0 radical (unpaired) electrons. The summed E-state index contributed by atoms with van der Waals surface area (Å²) in [5, 5.41) is 0.831. The number of nitrogens with two attached hydrogens (primary N) is 1. The first-order valence-electron chi connectivity index (χ1n) is 3.62. The van der Waals surface area contributed by atoms with Crippen LogP contribution < -0.4 is 5.73 Å². The number of rotatable bonds is 0. The topological polar surface area (TPSA) is 26.0 Å². The van der Waals surface area contributed by atoms with Crippen LogP contribution in [0, 0.1) is 12.7 Å². The molecule has 3 heteroatoms. The van der Waals surface area contributed by atoms with E-state index < -0.39 is 0 Å². The van der Waals surface area contributed by atoms with E-state index >= 15 is 0 Å². The lowest BCUT2D eigenvalue weighted by molar-refractivity contribution is 0.630. The average Bonchev–Trinajstić information content (AvgIpc) is 2.31. The van der Waals surface area contributed by atoms with Gasteiger partial charge in [-0.15, -0.1) is 11.3 Å². The molecule has 2 aromatic rings. The van der Waals surface area contributed by atoms with Gasteiger partial charge in [0.2, 0.25) is 0 Å². The van der Waals surface area contributed by atoms with Gasteiger partial charge in [-0.05, 0) is 25.1 Å². The van der Waals surface area contributed by atoms with Crippen molar-refractivity contribution >= 4 is 27.1 Å². The van der Waals surface area contributed by atoms with Crippen molar-refractivity contribution in [2.75, 3.05) is 5.73 Å². The van der Waals surface area contributed by atoms with Gasteiger partial charge in [0.15, 0.2) is 0 Å². The van der Waals surface area contributed by atoms with Crippen LogP contribution >= 0.6 is 11.3 Å². The number of anilines is 1. The Bertz CT molecular complexity index is 433. The molecule has 0 aliphatic heterocycles. The molecule has 0 aliphatic carbocycles. The van der Waals surface area contributed by atoms with Crippen LogP contribution in [0.1, 0.15) is 4.88 Å². The van der Waals surface area contributed by atoms with E-state index in [9.17, 15) is 4.39 Å². The van der Waals surface area contributed by atoms with Crippen LogP contribution in [-0.2, 0) is 0 Å². The van der Waals surface area contributed by atoms with Gasteiger partial charge in [-0.25, -0.2) is 4.39 Å². The predicted molar refractivity (Wildman–Crippen MR) is 50.9 cm³/mol. The zero-order valence-corrected chi connectivity index (χ0v) is 7.41. The Balaban J connectivity index is 2.88. The molecule has 12 heavy (non-hydrogen) atoms. The molecule has 1 aromatic heterocycles. The third-order valence-corrected chi connectivity index (χ3v) is 2.98. The maximum Gasteiger partial charge on any atom is 0.123 e. The van der Waals surface area contributed by atoms with Crippen molar-refractivity contribution in [1.82, 2.24) is 0 Å². The summed E-state index contributed by atoms with van der Waals surface area (Å²) in [4.78, 5) is 1.05. The highest BCUT2D eigenvalue weighted by molar-refractivity contribution is 7.19. The van der Waals surface area contributed by atoms with Gasteiger partial charge in [0.05, 0.1) is 5.69 Å². The number of thiophene rings is 1. The Kier molecular flexibility index (Phi) is 1.54. The monoisotopic (exact) mass is 181 g/mol. The first kappa shape index (κ1) is 7.55. The summed E-state index contributed by atoms with van der Waals surface area (Å²) in [6.45, 7) is 1.94. The molecule has 0 fully saturated rings. The van der Waals surface area contributed by atoms with Crippen LogP contribution in [0.25, 0.3) is 10.1 Å². The highest BCUT2D eigenvalue weighted by Gasteiger charge is 2.05. The van der Waals surface area contributed by atoms with Crippen LogP contribution in [0.3, 0.4) is 0 Å². The number of fused-ring (bicyclic) bond motifs is 1. The molecule has 1 heterocycles. The van der Waals surface area contributed by atoms with Gasteiger partial charge in [-0.3, -0.25) is 0 Å². The first-order valence-corrected chi connectivity index (χ1v) is 4.44. The number of benzene rings is 1. The maximum absolute atomic E-state index is 12.8. The Morgan fingerprint density at radius 2 is 2.17 bits per heavy atom. The fourth-order valence-electron chi connectivity index (χ4n) is 1.21. The van der Waals surface area contributed by atoms with Crippen LogP contribution in [0.2, 0.25) is 0 Å². The zero-order valence-electron chi connectivity index (χ0n) is 6.60. The lowest BCUT2D eigenvalue weighted by atomic mass is 10.2. The number of nitrogen functional groups attached to an aromatic ring is 1. The van der Waals surface area contributed by atoms with E-state index in [2.05, 4.69) is 0 Å². The van der Waals surface area contributed by atoms with Crippen LogP contribution in [-0.4, -0.2) is 0 Å². The average molecular weight is 181 g/mol. The molecule has 0 spiro atoms. The smallest absolute Gasteiger partial charge is 0.123 e. The second kappa shape index (κ2) is 2.45. The minimum absolute atomic E-state index is 0.230. The number of hydrogen-bond acceptors (Lipinski definition) is 2. The summed E-state index contributed by atoms with van der Waals surface area (Å²) in [5.74, 6) is -0.230. The molecule has 0 amide bonds. The summed E-state index contributed by atoms with van der Waals surface area (Å²) in [6.07, 6.45) is 0. The third-order valence-electron chi connectivity index (χ3n) is 1.87. The van der Waals surface area contributed by atoms with Crippen molar-refractivity contribution in [2.24, 2.45) is 0 Å². The standard InChI is InChI=1S/C9H8FNS/c1-5-9(11)7-4-6(10)2-3-8(7)12-5/h2-4H,11H2,1H3. The molecule has 0 bridgehead atoms. The van der Waals surface area contributed by atoms with E-state index in [1.807, 2.05) is 6.92 Å². The fourth-order valence-corrected chi connectivity index (χ4v) is 2.18. The van der Waals surface area contributed by atoms with Crippen molar-refractivity contribution in [3.8, 4) is 0 Å². The predicted octanol–water partition coefficient (Wildman–Crippen LogP) is 2.93. The quantitative estimate of drug-likeness (QED) is 0.664. The molecule has 1 nitrogen and oxygen atoms in total. The van der Waals surface area contributed by atoms with Crippen molar-refractivity contribution in [2.45, 2.75) is 6.92 Å². The van der Waals surface area contributed by atoms with Crippen LogP contribution in [0.5, 0.6) is 0 Å². The lowest BCUT2D eigenvalue weighted by Crippen LogP contribution is -1.83. The molecule has 62 valence electrons.